The summed E-state index contributed by atoms with van der Waals surface area (Å²) in [6, 6.07) is 11.7. The fraction of sp³-hybridized carbons (Fsp3) is 0.125. The quantitative estimate of drug-likeness (QED) is 0.753. The van der Waals surface area contributed by atoms with Crippen molar-refractivity contribution in [3.63, 3.8) is 0 Å². The number of aryl methyl sites for hydroxylation is 1. The van der Waals surface area contributed by atoms with Gasteiger partial charge in [0.25, 0.3) is 0 Å². The number of aromatic hydroxyl groups is 1. The van der Waals surface area contributed by atoms with Gasteiger partial charge in [-0.2, -0.15) is 0 Å². The van der Waals surface area contributed by atoms with Gasteiger partial charge in [-0.25, -0.2) is 4.79 Å². The molecule has 0 aromatic heterocycles. The van der Waals surface area contributed by atoms with Crippen molar-refractivity contribution < 1.29 is 19.8 Å². The molecule has 0 heterocycles. The molecule has 21 heavy (non-hydrogen) atoms. The summed E-state index contributed by atoms with van der Waals surface area (Å²) in [6.45, 7) is 1.91. The van der Waals surface area contributed by atoms with Crippen LogP contribution in [0, 0.1) is 6.92 Å². The summed E-state index contributed by atoms with van der Waals surface area (Å²) in [5.41, 5.74) is 1.72. The maximum absolute atomic E-state index is 12.0. The highest BCUT2D eigenvalue weighted by Crippen LogP contribution is 2.27. The van der Waals surface area contributed by atoms with Crippen molar-refractivity contribution >= 4 is 17.6 Å². The van der Waals surface area contributed by atoms with E-state index in [0.29, 0.717) is 0 Å². The van der Waals surface area contributed by atoms with Crippen molar-refractivity contribution in [1.82, 2.24) is 0 Å². The first-order chi connectivity index (χ1) is 9.99. The Kier molecular flexibility index (Phi) is 4.23. The lowest BCUT2D eigenvalue weighted by Gasteiger charge is -2.10. The molecule has 0 spiro atoms. The smallest absolute Gasteiger partial charge is 0.339 e. The van der Waals surface area contributed by atoms with Crippen molar-refractivity contribution in [2.75, 3.05) is 5.32 Å². The van der Waals surface area contributed by atoms with Crippen LogP contribution in [0.5, 0.6) is 5.75 Å². The van der Waals surface area contributed by atoms with Gasteiger partial charge in [0.2, 0.25) is 5.91 Å². The number of nitrogens with one attached hydrogen (secondary N) is 1. The van der Waals surface area contributed by atoms with Crippen molar-refractivity contribution in [2.24, 2.45) is 0 Å². The predicted octanol–water partition coefficient (Wildman–Crippen LogP) is 2.58. The molecule has 0 unspecified atom stereocenters. The summed E-state index contributed by atoms with van der Waals surface area (Å²) >= 11 is 0. The van der Waals surface area contributed by atoms with Gasteiger partial charge >= 0.3 is 5.97 Å². The van der Waals surface area contributed by atoms with Gasteiger partial charge in [-0.15, -0.1) is 0 Å². The van der Waals surface area contributed by atoms with Crippen LogP contribution in [0.1, 0.15) is 21.5 Å². The molecule has 2 aromatic carbocycles. The number of rotatable bonds is 4. The summed E-state index contributed by atoms with van der Waals surface area (Å²) in [6.07, 6.45) is 0.156. The van der Waals surface area contributed by atoms with Crippen LogP contribution in [0.25, 0.3) is 0 Å². The summed E-state index contributed by atoms with van der Waals surface area (Å²) in [5.74, 6) is -2.01. The number of carboxylic acids is 1. The fourth-order valence-corrected chi connectivity index (χ4v) is 1.99. The minimum Gasteiger partial charge on any atom is -0.505 e. The number of carbonyl (C=O) groups excluding carboxylic acids is 1. The lowest BCUT2D eigenvalue weighted by molar-refractivity contribution is -0.115. The van der Waals surface area contributed by atoms with Gasteiger partial charge < -0.3 is 15.5 Å². The predicted molar refractivity (Wildman–Crippen MR) is 78.6 cm³/mol. The summed E-state index contributed by atoms with van der Waals surface area (Å²) < 4.78 is 0. The van der Waals surface area contributed by atoms with E-state index in [-0.39, 0.29) is 23.6 Å². The topological polar surface area (TPSA) is 86.6 Å². The van der Waals surface area contributed by atoms with E-state index in [0.717, 1.165) is 11.1 Å². The Bertz CT molecular complexity index is 694. The number of aromatic carboxylic acids is 1. The zero-order chi connectivity index (χ0) is 15.4. The van der Waals surface area contributed by atoms with Gasteiger partial charge in [0.15, 0.2) is 5.75 Å². The van der Waals surface area contributed by atoms with E-state index in [1.54, 1.807) is 0 Å². The van der Waals surface area contributed by atoms with Gasteiger partial charge in [0.05, 0.1) is 12.1 Å². The van der Waals surface area contributed by atoms with E-state index in [1.807, 2.05) is 31.2 Å². The Balaban J connectivity index is 2.15. The van der Waals surface area contributed by atoms with Crippen LogP contribution in [0.4, 0.5) is 5.69 Å². The maximum atomic E-state index is 12.0. The van der Waals surface area contributed by atoms with Crippen LogP contribution in [0.2, 0.25) is 0 Å². The normalized spacial score (nSPS) is 10.1. The van der Waals surface area contributed by atoms with Crippen molar-refractivity contribution in [1.29, 1.82) is 0 Å². The van der Waals surface area contributed by atoms with Gasteiger partial charge in [-0.05, 0) is 30.2 Å². The number of benzene rings is 2. The molecule has 0 saturated heterocycles. The molecule has 0 fully saturated rings. The first-order valence-corrected chi connectivity index (χ1v) is 6.38. The zero-order valence-corrected chi connectivity index (χ0v) is 11.5. The molecule has 1 amide bonds. The highest BCUT2D eigenvalue weighted by atomic mass is 16.4. The summed E-state index contributed by atoms with van der Waals surface area (Å²) in [4.78, 5) is 22.9. The number of carbonyl (C=O) groups is 2. The molecule has 0 aliphatic rings. The zero-order valence-electron chi connectivity index (χ0n) is 11.5. The number of hydrogen-bond donors (Lipinski definition) is 3. The van der Waals surface area contributed by atoms with Crippen LogP contribution in [-0.4, -0.2) is 22.1 Å². The van der Waals surface area contributed by atoms with Crippen molar-refractivity contribution in [2.45, 2.75) is 13.3 Å². The molecule has 5 nitrogen and oxygen atoms in total. The Morgan fingerprint density at radius 1 is 1.10 bits per heavy atom. The lowest BCUT2D eigenvalue weighted by atomic mass is 10.1. The van der Waals surface area contributed by atoms with Gasteiger partial charge in [-0.3, -0.25) is 4.79 Å². The number of anilines is 1. The minimum atomic E-state index is -1.25. The Morgan fingerprint density at radius 2 is 1.81 bits per heavy atom. The number of hydrogen-bond acceptors (Lipinski definition) is 3. The van der Waals surface area contributed by atoms with Gasteiger partial charge in [0, 0.05) is 0 Å². The maximum Gasteiger partial charge on any atom is 0.339 e. The van der Waals surface area contributed by atoms with E-state index in [1.165, 1.54) is 18.2 Å². The molecule has 2 aromatic rings. The number of phenols is 1. The van der Waals surface area contributed by atoms with Crippen LogP contribution in [0.15, 0.2) is 42.5 Å². The second kappa shape index (κ2) is 6.09. The van der Waals surface area contributed by atoms with E-state index in [2.05, 4.69) is 5.32 Å². The van der Waals surface area contributed by atoms with Crippen LogP contribution < -0.4 is 5.32 Å². The van der Waals surface area contributed by atoms with Crippen molar-refractivity contribution in [3.05, 3.63) is 59.2 Å². The van der Waals surface area contributed by atoms with E-state index < -0.39 is 11.7 Å². The largest absolute Gasteiger partial charge is 0.505 e. The Morgan fingerprint density at radius 3 is 2.48 bits per heavy atom. The first-order valence-electron chi connectivity index (χ1n) is 6.38. The average molecular weight is 285 g/mol. The van der Waals surface area contributed by atoms with Crippen molar-refractivity contribution in [3.8, 4) is 5.75 Å². The molecule has 0 aliphatic heterocycles. The molecule has 0 radical (unpaired) electrons. The molecule has 108 valence electrons. The Labute approximate surface area is 121 Å². The highest BCUT2D eigenvalue weighted by Gasteiger charge is 2.15. The minimum absolute atomic E-state index is 0.0912. The first kappa shape index (κ1) is 14.6. The molecule has 0 saturated carbocycles. The molecule has 3 N–H and O–H groups in total. The third-order valence-corrected chi connectivity index (χ3v) is 3.15. The summed E-state index contributed by atoms with van der Waals surface area (Å²) in [5, 5.41) is 21.3. The van der Waals surface area contributed by atoms with Gasteiger partial charge in [0.1, 0.15) is 5.56 Å². The third kappa shape index (κ3) is 3.39. The lowest BCUT2D eigenvalue weighted by Crippen LogP contribution is -2.15. The highest BCUT2D eigenvalue weighted by molar-refractivity contribution is 5.98. The molecular weight excluding hydrogens is 270 g/mol. The molecular formula is C16H15NO4. The monoisotopic (exact) mass is 285 g/mol. The van der Waals surface area contributed by atoms with Crippen LogP contribution in [0.3, 0.4) is 0 Å². The van der Waals surface area contributed by atoms with E-state index >= 15 is 0 Å². The standard InChI is InChI=1S/C16H15NO4/c1-10-5-2-3-6-11(10)9-14(18)17-13-8-4-7-12(15(13)19)16(20)21/h2-8,19H,9H2,1H3,(H,17,18)(H,20,21). The van der Waals surface area contributed by atoms with Gasteiger partial charge in [-0.1, -0.05) is 30.3 Å². The van der Waals surface area contributed by atoms with Crippen LogP contribution in [-0.2, 0) is 11.2 Å². The average Bonchev–Trinajstić information content (AvgIpc) is 2.43. The number of carboxylic acid groups (broad SMARTS) is 1. The second-order valence-corrected chi connectivity index (χ2v) is 4.66. The molecule has 0 aliphatic carbocycles. The van der Waals surface area contributed by atoms with E-state index in [4.69, 9.17) is 5.11 Å². The third-order valence-electron chi connectivity index (χ3n) is 3.15. The van der Waals surface area contributed by atoms with Crippen LogP contribution >= 0.6 is 0 Å². The fourth-order valence-electron chi connectivity index (χ4n) is 1.99. The molecule has 0 bridgehead atoms. The van der Waals surface area contributed by atoms with E-state index in [9.17, 15) is 14.7 Å². The SMILES string of the molecule is Cc1ccccc1CC(=O)Nc1cccc(C(=O)O)c1O. The molecule has 0 atom stereocenters. The molecule has 2 rings (SSSR count). The number of para-hydroxylation sites is 1. The Hall–Kier alpha value is -2.82. The molecule has 5 heteroatoms. The second-order valence-electron chi connectivity index (χ2n) is 4.66. The summed E-state index contributed by atoms with van der Waals surface area (Å²) in [7, 11) is 0. The number of amides is 1.